The normalized spacial score (nSPS) is 12.4. The molecule has 0 spiro atoms. The van der Waals surface area contributed by atoms with Gasteiger partial charge >= 0.3 is 17.9 Å². The predicted molar refractivity (Wildman–Crippen MR) is 316 cm³/mol. The van der Waals surface area contributed by atoms with Crippen molar-refractivity contribution < 1.29 is 28.6 Å². The summed E-state index contributed by atoms with van der Waals surface area (Å²) < 4.78 is 16.8. The monoisotopic (exact) mass is 1020 g/mol. The van der Waals surface area contributed by atoms with E-state index >= 15 is 0 Å². The maximum absolute atomic E-state index is 12.8. The summed E-state index contributed by atoms with van der Waals surface area (Å²) in [6.45, 7) is 6.48. The second kappa shape index (κ2) is 61.7. The molecule has 0 amide bonds. The van der Waals surface area contributed by atoms with Crippen molar-refractivity contribution in [2.75, 3.05) is 13.2 Å². The van der Waals surface area contributed by atoms with Crippen molar-refractivity contribution in [2.45, 2.75) is 335 Å². The van der Waals surface area contributed by atoms with Crippen LogP contribution in [0.15, 0.2) is 60.8 Å². The minimum atomic E-state index is -0.770. The topological polar surface area (TPSA) is 78.9 Å². The molecule has 424 valence electrons. The van der Waals surface area contributed by atoms with Gasteiger partial charge in [-0.2, -0.15) is 0 Å². The third kappa shape index (κ3) is 59.9. The summed E-state index contributed by atoms with van der Waals surface area (Å²) in [6.07, 6.45) is 78.5. The second-order valence-electron chi connectivity index (χ2n) is 21.3. The molecule has 1 atom stereocenters. The summed E-state index contributed by atoms with van der Waals surface area (Å²) in [5, 5.41) is 0. The Morgan fingerprint density at radius 2 is 0.534 bits per heavy atom. The Kier molecular flexibility index (Phi) is 59.2. The molecule has 0 fully saturated rings. The zero-order chi connectivity index (χ0) is 52.9. The molecular formula is C67H120O6. The summed E-state index contributed by atoms with van der Waals surface area (Å²) in [7, 11) is 0. The van der Waals surface area contributed by atoms with Crippen LogP contribution in [0.1, 0.15) is 329 Å². The standard InChI is InChI=1S/C67H120O6/c1-4-7-10-13-15-17-19-21-23-25-27-29-30-31-32-33-34-35-36-38-39-41-43-45-47-49-51-54-57-60-66(69)72-63-64(62-71-65(68)59-56-53-12-9-6-3)73-67(70)61-58-55-52-50-48-46-44-42-40-37-28-26-24-22-20-18-16-14-11-8-5-2/h7,10,15,17,21,23,26-29,64H,4-6,8-9,11-14,16,18-20,22,24-25,30-63H2,1-3H3/b10-7-,17-15-,23-21-,28-26-,29-27-. The van der Waals surface area contributed by atoms with Gasteiger partial charge in [-0.15, -0.1) is 0 Å². The lowest BCUT2D eigenvalue weighted by Crippen LogP contribution is -2.30. The number of hydrogen-bond acceptors (Lipinski definition) is 6. The minimum Gasteiger partial charge on any atom is -0.462 e. The van der Waals surface area contributed by atoms with Gasteiger partial charge in [-0.05, 0) is 83.5 Å². The smallest absolute Gasteiger partial charge is 0.306 e. The molecule has 6 nitrogen and oxygen atoms in total. The third-order valence-electron chi connectivity index (χ3n) is 14.0. The van der Waals surface area contributed by atoms with Crippen LogP contribution in [-0.2, 0) is 28.6 Å². The molecule has 0 aromatic heterocycles. The van der Waals surface area contributed by atoms with Gasteiger partial charge in [0, 0.05) is 19.3 Å². The molecule has 0 N–H and O–H groups in total. The summed E-state index contributed by atoms with van der Waals surface area (Å²) in [6, 6.07) is 0. The average molecular weight is 1020 g/mol. The maximum Gasteiger partial charge on any atom is 0.306 e. The van der Waals surface area contributed by atoms with Crippen molar-refractivity contribution in [1.82, 2.24) is 0 Å². The van der Waals surface area contributed by atoms with E-state index in [0.717, 1.165) is 89.9 Å². The Morgan fingerprint density at radius 3 is 0.849 bits per heavy atom. The van der Waals surface area contributed by atoms with Crippen LogP contribution in [-0.4, -0.2) is 37.2 Å². The molecule has 6 heteroatoms. The second-order valence-corrected chi connectivity index (χ2v) is 21.3. The molecule has 0 aliphatic carbocycles. The van der Waals surface area contributed by atoms with Crippen LogP contribution in [0, 0.1) is 0 Å². The predicted octanol–water partition coefficient (Wildman–Crippen LogP) is 21.6. The minimum absolute atomic E-state index is 0.0717. The first-order valence-electron chi connectivity index (χ1n) is 31.8. The van der Waals surface area contributed by atoms with Gasteiger partial charge in [0.15, 0.2) is 6.10 Å². The molecule has 0 aliphatic heterocycles. The Morgan fingerprint density at radius 1 is 0.288 bits per heavy atom. The van der Waals surface area contributed by atoms with Crippen LogP contribution >= 0.6 is 0 Å². The molecule has 0 saturated heterocycles. The lowest BCUT2D eigenvalue weighted by atomic mass is 10.0. The van der Waals surface area contributed by atoms with Gasteiger partial charge in [-0.25, -0.2) is 0 Å². The number of ether oxygens (including phenoxy) is 3. The van der Waals surface area contributed by atoms with E-state index in [1.165, 1.54) is 199 Å². The Balaban J connectivity index is 3.99. The van der Waals surface area contributed by atoms with Gasteiger partial charge < -0.3 is 14.2 Å². The van der Waals surface area contributed by atoms with E-state index in [2.05, 4.69) is 81.5 Å². The highest BCUT2D eigenvalue weighted by molar-refractivity contribution is 5.71. The summed E-state index contributed by atoms with van der Waals surface area (Å²) in [5.41, 5.74) is 0. The molecule has 0 aromatic rings. The van der Waals surface area contributed by atoms with Crippen molar-refractivity contribution in [3.63, 3.8) is 0 Å². The fourth-order valence-corrected chi connectivity index (χ4v) is 9.25. The molecule has 0 aromatic carbocycles. The van der Waals surface area contributed by atoms with E-state index in [-0.39, 0.29) is 31.1 Å². The van der Waals surface area contributed by atoms with Gasteiger partial charge in [0.2, 0.25) is 0 Å². The van der Waals surface area contributed by atoms with Crippen LogP contribution in [0.2, 0.25) is 0 Å². The van der Waals surface area contributed by atoms with Crippen molar-refractivity contribution in [3.05, 3.63) is 60.8 Å². The highest BCUT2D eigenvalue weighted by Gasteiger charge is 2.19. The first-order chi connectivity index (χ1) is 36.0. The van der Waals surface area contributed by atoms with Crippen LogP contribution in [0.3, 0.4) is 0 Å². The molecule has 0 heterocycles. The number of unbranched alkanes of at least 4 members (excludes halogenated alkanes) is 37. The van der Waals surface area contributed by atoms with E-state index < -0.39 is 6.10 Å². The number of esters is 3. The van der Waals surface area contributed by atoms with Crippen molar-refractivity contribution in [3.8, 4) is 0 Å². The molecule has 0 aliphatic rings. The highest BCUT2D eigenvalue weighted by atomic mass is 16.6. The van der Waals surface area contributed by atoms with Gasteiger partial charge in [0.05, 0.1) is 0 Å². The third-order valence-corrected chi connectivity index (χ3v) is 14.0. The molecule has 0 bridgehead atoms. The lowest BCUT2D eigenvalue weighted by Gasteiger charge is -2.18. The van der Waals surface area contributed by atoms with Crippen LogP contribution < -0.4 is 0 Å². The molecule has 0 rings (SSSR count). The largest absolute Gasteiger partial charge is 0.462 e. The van der Waals surface area contributed by atoms with Crippen molar-refractivity contribution in [2.24, 2.45) is 0 Å². The van der Waals surface area contributed by atoms with E-state index in [1.807, 2.05) is 0 Å². The van der Waals surface area contributed by atoms with Crippen molar-refractivity contribution in [1.29, 1.82) is 0 Å². The summed E-state index contributed by atoms with van der Waals surface area (Å²) in [4.78, 5) is 37.9. The molecular weight excluding hydrogens is 901 g/mol. The van der Waals surface area contributed by atoms with Crippen LogP contribution in [0.5, 0.6) is 0 Å². The molecule has 1 unspecified atom stereocenters. The van der Waals surface area contributed by atoms with Gasteiger partial charge in [0.1, 0.15) is 13.2 Å². The Hall–Kier alpha value is -2.89. The SMILES string of the molecule is CC/C=C\C/C=C\C/C=C\C/C=C\CCCCCCCCCCCCCCCCCCC(=O)OCC(COC(=O)CCCCCCC)OC(=O)CCCCCCCCCCC/C=C\CCCCCCCCCC. The van der Waals surface area contributed by atoms with E-state index in [4.69, 9.17) is 14.2 Å². The zero-order valence-corrected chi connectivity index (χ0v) is 48.7. The zero-order valence-electron chi connectivity index (χ0n) is 48.7. The van der Waals surface area contributed by atoms with Crippen LogP contribution in [0.4, 0.5) is 0 Å². The van der Waals surface area contributed by atoms with Gasteiger partial charge in [-0.3, -0.25) is 14.4 Å². The van der Waals surface area contributed by atoms with Crippen LogP contribution in [0.25, 0.3) is 0 Å². The van der Waals surface area contributed by atoms with Gasteiger partial charge in [0.25, 0.3) is 0 Å². The number of rotatable bonds is 58. The molecule has 0 radical (unpaired) electrons. The molecule has 73 heavy (non-hydrogen) atoms. The molecule has 0 saturated carbocycles. The number of carbonyl (C=O) groups excluding carboxylic acids is 3. The summed E-state index contributed by atoms with van der Waals surface area (Å²) in [5.74, 6) is -0.872. The quantitative estimate of drug-likeness (QED) is 0.0261. The number of hydrogen-bond donors (Lipinski definition) is 0. The van der Waals surface area contributed by atoms with Gasteiger partial charge in [-0.1, -0.05) is 287 Å². The van der Waals surface area contributed by atoms with E-state index in [1.54, 1.807) is 0 Å². The van der Waals surface area contributed by atoms with E-state index in [9.17, 15) is 14.4 Å². The average Bonchev–Trinajstić information content (AvgIpc) is 3.39. The first-order valence-corrected chi connectivity index (χ1v) is 31.8. The maximum atomic E-state index is 12.8. The Labute approximate surface area is 453 Å². The lowest BCUT2D eigenvalue weighted by molar-refractivity contribution is -0.167. The fraction of sp³-hybridized carbons (Fsp3) is 0.806. The number of allylic oxidation sites excluding steroid dienone is 10. The highest BCUT2D eigenvalue weighted by Crippen LogP contribution is 2.17. The van der Waals surface area contributed by atoms with E-state index in [0.29, 0.717) is 19.3 Å². The fourth-order valence-electron chi connectivity index (χ4n) is 9.25. The number of carbonyl (C=O) groups is 3. The first kappa shape index (κ1) is 70.1. The van der Waals surface area contributed by atoms with Crippen molar-refractivity contribution >= 4 is 17.9 Å². The Bertz CT molecular complexity index is 1310. The summed E-state index contributed by atoms with van der Waals surface area (Å²) >= 11 is 0.